The molecule has 0 saturated carbocycles. The maximum atomic E-state index is 5.66. The van der Waals surface area contributed by atoms with Crippen molar-refractivity contribution in [2.24, 2.45) is 0 Å². The largest absolute Gasteiger partial charge is 0.460 e. The molecule has 1 heterocycles. The van der Waals surface area contributed by atoms with Gasteiger partial charge in [0.1, 0.15) is 11.3 Å². The minimum Gasteiger partial charge on any atom is -0.460 e. The molecule has 0 amide bonds. The molecule has 2 aromatic rings. The molecular formula is C10H11NOS. The first-order chi connectivity index (χ1) is 6.29. The van der Waals surface area contributed by atoms with Crippen molar-refractivity contribution in [3.63, 3.8) is 0 Å². The Kier molecular flexibility index (Phi) is 2.19. The summed E-state index contributed by atoms with van der Waals surface area (Å²) in [4.78, 5) is 0. The molecule has 0 spiro atoms. The van der Waals surface area contributed by atoms with Crippen molar-refractivity contribution in [3.8, 4) is 0 Å². The highest BCUT2D eigenvalue weighted by atomic mass is 32.2. The number of hydrogen-bond donors (Lipinski definition) is 1. The summed E-state index contributed by atoms with van der Waals surface area (Å²) < 4.78 is 5.59. The molecule has 2 rings (SSSR count). The van der Waals surface area contributed by atoms with Crippen LogP contribution in [-0.4, -0.2) is 6.26 Å². The van der Waals surface area contributed by atoms with Crippen LogP contribution in [0.5, 0.6) is 0 Å². The summed E-state index contributed by atoms with van der Waals surface area (Å²) in [7, 11) is 0. The maximum absolute atomic E-state index is 5.66. The summed E-state index contributed by atoms with van der Waals surface area (Å²) in [6.07, 6.45) is 2.06. The van der Waals surface area contributed by atoms with Crippen LogP contribution >= 0.6 is 11.8 Å². The number of anilines is 1. The molecule has 0 unspecified atom stereocenters. The van der Waals surface area contributed by atoms with Crippen molar-refractivity contribution in [2.45, 2.75) is 5.75 Å². The second kappa shape index (κ2) is 3.34. The molecule has 2 nitrogen and oxygen atoms in total. The first-order valence-corrected chi connectivity index (χ1v) is 5.46. The van der Waals surface area contributed by atoms with Gasteiger partial charge in [-0.05, 0) is 30.5 Å². The SMILES string of the molecule is CSCc1cc2cc(N)ccc2o1. The van der Waals surface area contributed by atoms with Gasteiger partial charge in [0.25, 0.3) is 0 Å². The highest BCUT2D eigenvalue weighted by Gasteiger charge is 2.02. The van der Waals surface area contributed by atoms with Crippen molar-refractivity contribution in [3.05, 3.63) is 30.0 Å². The van der Waals surface area contributed by atoms with Crippen molar-refractivity contribution < 1.29 is 4.42 Å². The van der Waals surface area contributed by atoms with E-state index in [2.05, 4.69) is 6.26 Å². The summed E-state index contributed by atoms with van der Waals surface area (Å²) in [5, 5.41) is 1.09. The molecule has 1 aromatic heterocycles. The molecule has 0 atom stereocenters. The lowest BCUT2D eigenvalue weighted by molar-refractivity contribution is 0.574. The van der Waals surface area contributed by atoms with Crippen LogP contribution in [0.1, 0.15) is 5.76 Å². The number of thioether (sulfide) groups is 1. The van der Waals surface area contributed by atoms with Gasteiger partial charge in [-0.25, -0.2) is 0 Å². The van der Waals surface area contributed by atoms with E-state index in [9.17, 15) is 0 Å². The van der Waals surface area contributed by atoms with Gasteiger partial charge in [-0.15, -0.1) is 0 Å². The molecule has 0 aliphatic rings. The molecule has 0 aliphatic heterocycles. The second-order valence-corrected chi connectivity index (χ2v) is 3.81. The van der Waals surface area contributed by atoms with Crippen LogP contribution in [0.15, 0.2) is 28.7 Å². The number of rotatable bonds is 2. The lowest BCUT2D eigenvalue weighted by Gasteiger charge is -1.90. The first-order valence-electron chi connectivity index (χ1n) is 4.06. The van der Waals surface area contributed by atoms with E-state index in [-0.39, 0.29) is 0 Å². The van der Waals surface area contributed by atoms with Crippen molar-refractivity contribution >= 4 is 28.4 Å². The van der Waals surface area contributed by atoms with Crippen LogP contribution in [0.25, 0.3) is 11.0 Å². The molecule has 3 heteroatoms. The molecule has 0 radical (unpaired) electrons. The predicted octanol–water partition coefficient (Wildman–Crippen LogP) is 2.88. The molecule has 0 fully saturated rings. The molecule has 2 N–H and O–H groups in total. The topological polar surface area (TPSA) is 39.2 Å². The Morgan fingerprint density at radius 1 is 1.38 bits per heavy atom. The van der Waals surface area contributed by atoms with Crippen LogP contribution in [0, 0.1) is 0 Å². The Balaban J connectivity index is 2.49. The van der Waals surface area contributed by atoms with Gasteiger partial charge in [0.2, 0.25) is 0 Å². The molecule has 68 valence electrons. The fraction of sp³-hybridized carbons (Fsp3) is 0.200. The van der Waals surface area contributed by atoms with Crippen molar-refractivity contribution in [2.75, 3.05) is 12.0 Å². The van der Waals surface area contributed by atoms with Crippen LogP contribution in [-0.2, 0) is 5.75 Å². The summed E-state index contributed by atoms with van der Waals surface area (Å²) in [6.45, 7) is 0. The van der Waals surface area contributed by atoms with E-state index in [1.165, 1.54) is 0 Å². The number of furan rings is 1. The number of hydrogen-bond acceptors (Lipinski definition) is 3. The smallest absolute Gasteiger partial charge is 0.134 e. The van der Waals surface area contributed by atoms with Gasteiger partial charge in [-0.3, -0.25) is 0 Å². The minimum absolute atomic E-state index is 0.781. The third-order valence-electron chi connectivity index (χ3n) is 1.88. The summed E-state index contributed by atoms with van der Waals surface area (Å²) in [5.74, 6) is 1.92. The quantitative estimate of drug-likeness (QED) is 0.745. The molecule has 1 aromatic carbocycles. The van der Waals surface area contributed by atoms with Crippen LogP contribution in [0.4, 0.5) is 5.69 Å². The van der Waals surface area contributed by atoms with Gasteiger partial charge < -0.3 is 10.2 Å². The molecule has 13 heavy (non-hydrogen) atoms. The normalized spacial score (nSPS) is 10.8. The van der Waals surface area contributed by atoms with E-state index in [1.807, 2.05) is 24.3 Å². The zero-order valence-corrected chi connectivity index (χ0v) is 8.23. The van der Waals surface area contributed by atoms with Crippen LogP contribution in [0.3, 0.4) is 0 Å². The third kappa shape index (κ3) is 1.65. The van der Waals surface area contributed by atoms with Gasteiger partial charge in [0.05, 0.1) is 5.75 Å². The van der Waals surface area contributed by atoms with Gasteiger partial charge in [0, 0.05) is 11.1 Å². The Morgan fingerprint density at radius 3 is 3.00 bits per heavy atom. The predicted molar refractivity (Wildman–Crippen MR) is 57.8 cm³/mol. The van der Waals surface area contributed by atoms with E-state index in [4.69, 9.17) is 10.2 Å². The van der Waals surface area contributed by atoms with Gasteiger partial charge in [-0.1, -0.05) is 0 Å². The Bertz CT molecular complexity index is 422. The van der Waals surface area contributed by atoms with Gasteiger partial charge in [0.15, 0.2) is 0 Å². The molecule has 0 bridgehead atoms. The van der Waals surface area contributed by atoms with E-state index in [0.29, 0.717) is 0 Å². The van der Waals surface area contributed by atoms with Crippen LogP contribution < -0.4 is 5.73 Å². The highest BCUT2D eigenvalue weighted by molar-refractivity contribution is 7.97. The zero-order valence-electron chi connectivity index (χ0n) is 7.41. The monoisotopic (exact) mass is 193 g/mol. The number of nitrogens with two attached hydrogens (primary N) is 1. The average Bonchev–Trinajstić information content (AvgIpc) is 2.46. The van der Waals surface area contributed by atoms with Crippen LogP contribution in [0.2, 0.25) is 0 Å². The Hall–Kier alpha value is -1.09. The number of fused-ring (bicyclic) bond motifs is 1. The standard InChI is InChI=1S/C10H11NOS/c1-13-6-9-5-7-4-8(11)2-3-10(7)12-9/h2-5H,6,11H2,1H3. The third-order valence-corrected chi connectivity index (χ3v) is 2.45. The lowest BCUT2D eigenvalue weighted by Crippen LogP contribution is -1.80. The highest BCUT2D eigenvalue weighted by Crippen LogP contribution is 2.23. The minimum atomic E-state index is 0.781. The van der Waals surface area contributed by atoms with E-state index < -0.39 is 0 Å². The first kappa shape index (κ1) is 8.51. The molecule has 0 aliphatic carbocycles. The fourth-order valence-corrected chi connectivity index (χ4v) is 1.76. The van der Waals surface area contributed by atoms with E-state index in [1.54, 1.807) is 11.8 Å². The number of benzene rings is 1. The Labute approximate surface area is 81.1 Å². The van der Waals surface area contributed by atoms with E-state index in [0.717, 1.165) is 28.2 Å². The summed E-state index contributed by atoms with van der Waals surface area (Å²) in [6, 6.07) is 7.74. The van der Waals surface area contributed by atoms with Gasteiger partial charge in [-0.2, -0.15) is 11.8 Å². The van der Waals surface area contributed by atoms with Crippen molar-refractivity contribution in [1.29, 1.82) is 0 Å². The zero-order chi connectivity index (χ0) is 9.26. The number of nitrogen functional groups attached to an aromatic ring is 1. The lowest BCUT2D eigenvalue weighted by atomic mass is 10.2. The second-order valence-electron chi connectivity index (χ2n) is 2.94. The molecular weight excluding hydrogens is 182 g/mol. The maximum Gasteiger partial charge on any atom is 0.134 e. The molecule has 0 saturated heterocycles. The van der Waals surface area contributed by atoms with Gasteiger partial charge >= 0.3 is 0 Å². The fourth-order valence-electron chi connectivity index (χ4n) is 1.33. The average molecular weight is 193 g/mol. The summed E-state index contributed by atoms with van der Waals surface area (Å²) >= 11 is 1.75. The summed E-state index contributed by atoms with van der Waals surface area (Å²) in [5.41, 5.74) is 7.36. The van der Waals surface area contributed by atoms with E-state index >= 15 is 0 Å². The Morgan fingerprint density at radius 2 is 2.23 bits per heavy atom. The van der Waals surface area contributed by atoms with Crippen molar-refractivity contribution in [1.82, 2.24) is 0 Å².